The molecule has 1 nitrogen and oxygen atoms in total. The van der Waals surface area contributed by atoms with Crippen molar-refractivity contribution in [3.05, 3.63) is 40.9 Å². The summed E-state index contributed by atoms with van der Waals surface area (Å²) in [6.45, 7) is 8.56. The van der Waals surface area contributed by atoms with E-state index in [0.29, 0.717) is 0 Å². The van der Waals surface area contributed by atoms with E-state index >= 15 is 0 Å². The Hall–Kier alpha value is -0.950. The molecule has 0 aromatic heterocycles. The molecule has 1 rings (SSSR count). The van der Waals surface area contributed by atoms with Crippen LogP contribution in [0.4, 0.5) is 5.69 Å². The van der Waals surface area contributed by atoms with Crippen LogP contribution in [0.15, 0.2) is 30.4 Å². The number of anilines is 1. The molecule has 0 aliphatic rings. The fraction of sp³-hybridized carbons (Fsp3) is 0.273. The Morgan fingerprint density at radius 2 is 2.23 bits per heavy atom. The summed E-state index contributed by atoms with van der Waals surface area (Å²) in [4.78, 5) is 0. The first-order valence-electron chi connectivity index (χ1n) is 4.24. The van der Waals surface area contributed by atoms with Crippen molar-refractivity contribution in [3.63, 3.8) is 0 Å². The first-order chi connectivity index (χ1) is 6.11. The van der Waals surface area contributed by atoms with Crippen LogP contribution in [-0.2, 0) is 0 Å². The maximum Gasteiger partial charge on any atom is 0.0666 e. The van der Waals surface area contributed by atoms with E-state index in [0.717, 1.165) is 28.4 Å². The molecule has 0 aliphatic heterocycles. The molecule has 0 atom stereocenters. The highest BCUT2D eigenvalue weighted by Crippen LogP contribution is 2.24. The van der Waals surface area contributed by atoms with Gasteiger partial charge in [0.25, 0.3) is 0 Å². The molecule has 0 aliphatic carbocycles. The van der Waals surface area contributed by atoms with E-state index in [2.05, 4.69) is 11.9 Å². The van der Waals surface area contributed by atoms with Gasteiger partial charge in [0.15, 0.2) is 0 Å². The molecular weight excluding hydrogens is 182 g/mol. The second kappa shape index (κ2) is 4.33. The number of halogens is 1. The number of benzene rings is 1. The van der Waals surface area contributed by atoms with Crippen LogP contribution in [0.2, 0.25) is 5.02 Å². The van der Waals surface area contributed by atoms with E-state index in [1.807, 2.05) is 32.0 Å². The average molecular weight is 196 g/mol. The lowest BCUT2D eigenvalue weighted by atomic mass is 10.2. The fourth-order valence-corrected chi connectivity index (χ4v) is 1.22. The average Bonchev–Trinajstić information content (AvgIpc) is 2.07. The highest BCUT2D eigenvalue weighted by Gasteiger charge is 2.00. The van der Waals surface area contributed by atoms with Crippen LogP contribution < -0.4 is 5.32 Å². The number of rotatable bonds is 3. The Bertz CT molecular complexity index is 318. The molecule has 0 radical (unpaired) electrons. The number of aryl methyl sites for hydroxylation is 1. The van der Waals surface area contributed by atoms with Crippen LogP contribution in [0.3, 0.4) is 0 Å². The summed E-state index contributed by atoms with van der Waals surface area (Å²) in [5.74, 6) is 0. The van der Waals surface area contributed by atoms with Gasteiger partial charge in [-0.2, -0.15) is 0 Å². The predicted octanol–water partition coefficient (Wildman–Crippen LogP) is 3.64. The number of nitrogens with one attached hydrogen (secondary N) is 1. The van der Waals surface area contributed by atoms with Crippen LogP contribution in [0, 0.1) is 6.92 Å². The molecular formula is C11H14ClN. The van der Waals surface area contributed by atoms with Crippen LogP contribution in [0.25, 0.3) is 0 Å². The van der Waals surface area contributed by atoms with E-state index in [4.69, 9.17) is 11.6 Å². The SMILES string of the molecule is C=C(C)CNc1cccc(C)c1Cl. The van der Waals surface area contributed by atoms with E-state index in [9.17, 15) is 0 Å². The van der Waals surface area contributed by atoms with Crippen molar-refractivity contribution in [1.82, 2.24) is 0 Å². The standard InChI is InChI=1S/C11H14ClN/c1-8(2)7-13-10-6-4-5-9(3)11(10)12/h4-6,13H,1,7H2,2-3H3. The Morgan fingerprint density at radius 1 is 1.54 bits per heavy atom. The van der Waals surface area contributed by atoms with Crippen LogP contribution in [-0.4, -0.2) is 6.54 Å². The largest absolute Gasteiger partial charge is 0.380 e. The summed E-state index contributed by atoms with van der Waals surface area (Å²) in [6.07, 6.45) is 0. The molecule has 0 saturated heterocycles. The third-order valence-electron chi connectivity index (χ3n) is 1.77. The molecule has 0 bridgehead atoms. The summed E-state index contributed by atoms with van der Waals surface area (Å²) in [5.41, 5.74) is 3.16. The lowest BCUT2D eigenvalue weighted by Crippen LogP contribution is -2.02. The molecule has 0 saturated carbocycles. The zero-order valence-corrected chi connectivity index (χ0v) is 8.78. The van der Waals surface area contributed by atoms with E-state index in [-0.39, 0.29) is 0 Å². The molecule has 1 aromatic rings. The van der Waals surface area contributed by atoms with Crippen molar-refractivity contribution in [3.8, 4) is 0 Å². The summed E-state index contributed by atoms with van der Waals surface area (Å²) in [7, 11) is 0. The van der Waals surface area contributed by atoms with Gasteiger partial charge in [-0.05, 0) is 25.5 Å². The maximum absolute atomic E-state index is 6.08. The monoisotopic (exact) mass is 195 g/mol. The Balaban J connectivity index is 2.77. The highest BCUT2D eigenvalue weighted by molar-refractivity contribution is 6.33. The molecule has 1 N–H and O–H groups in total. The van der Waals surface area contributed by atoms with Crippen molar-refractivity contribution in [2.24, 2.45) is 0 Å². The first-order valence-corrected chi connectivity index (χ1v) is 4.62. The van der Waals surface area contributed by atoms with Crippen molar-refractivity contribution >= 4 is 17.3 Å². The molecule has 0 spiro atoms. The summed E-state index contributed by atoms with van der Waals surface area (Å²) in [5, 5.41) is 4.02. The minimum Gasteiger partial charge on any atom is -0.380 e. The Kier molecular flexibility index (Phi) is 3.38. The maximum atomic E-state index is 6.08. The molecule has 2 heteroatoms. The summed E-state index contributed by atoms with van der Waals surface area (Å²) < 4.78 is 0. The van der Waals surface area contributed by atoms with Crippen molar-refractivity contribution in [2.45, 2.75) is 13.8 Å². The van der Waals surface area contributed by atoms with Gasteiger partial charge in [0, 0.05) is 6.54 Å². The molecule has 0 heterocycles. The van der Waals surface area contributed by atoms with E-state index in [1.54, 1.807) is 0 Å². The lowest BCUT2D eigenvalue weighted by Gasteiger charge is -2.09. The first kappa shape index (κ1) is 10.1. The topological polar surface area (TPSA) is 12.0 Å². The predicted molar refractivity (Wildman–Crippen MR) is 59.5 cm³/mol. The molecule has 0 fully saturated rings. The zero-order chi connectivity index (χ0) is 9.84. The quantitative estimate of drug-likeness (QED) is 0.727. The van der Waals surface area contributed by atoms with Gasteiger partial charge in [0.05, 0.1) is 10.7 Å². The van der Waals surface area contributed by atoms with Gasteiger partial charge in [-0.25, -0.2) is 0 Å². The normalized spacial score (nSPS) is 9.77. The van der Waals surface area contributed by atoms with Gasteiger partial charge >= 0.3 is 0 Å². The Morgan fingerprint density at radius 3 is 2.85 bits per heavy atom. The summed E-state index contributed by atoms with van der Waals surface area (Å²) in [6, 6.07) is 5.95. The van der Waals surface area contributed by atoms with Crippen molar-refractivity contribution < 1.29 is 0 Å². The van der Waals surface area contributed by atoms with Gasteiger partial charge < -0.3 is 5.32 Å². The lowest BCUT2D eigenvalue weighted by molar-refractivity contribution is 1.21. The molecule has 0 amide bonds. The second-order valence-electron chi connectivity index (χ2n) is 3.25. The minimum absolute atomic E-state index is 0.767. The number of hydrogen-bond donors (Lipinski definition) is 1. The third-order valence-corrected chi connectivity index (χ3v) is 2.27. The van der Waals surface area contributed by atoms with Crippen LogP contribution in [0.5, 0.6) is 0 Å². The Labute approximate surface area is 84.4 Å². The van der Waals surface area contributed by atoms with Gasteiger partial charge in [0.2, 0.25) is 0 Å². The minimum atomic E-state index is 0.767. The van der Waals surface area contributed by atoms with E-state index in [1.165, 1.54) is 0 Å². The number of hydrogen-bond acceptors (Lipinski definition) is 1. The fourth-order valence-electron chi connectivity index (χ4n) is 1.03. The third kappa shape index (κ3) is 2.78. The van der Waals surface area contributed by atoms with Gasteiger partial charge in [-0.1, -0.05) is 35.9 Å². The summed E-state index contributed by atoms with van der Waals surface area (Å²) >= 11 is 6.08. The van der Waals surface area contributed by atoms with Gasteiger partial charge in [-0.15, -0.1) is 0 Å². The van der Waals surface area contributed by atoms with E-state index < -0.39 is 0 Å². The second-order valence-corrected chi connectivity index (χ2v) is 3.63. The smallest absolute Gasteiger partial charge is 0.0666 e. The molecule has 70 valence electrons. The molecule has 1 aromatic carbocycles. The van der Waals surface area contributed by atoms with Gasteiger partial charge in [-0.3, -0.25) is 0 Å². The highest BCUT2D eigenvalue weighted by atomic mass is 35.5. The molecule has 0 unspecified atom stereocenters. The van der Waals surface area contributed by atoms with Gasteiger partial charge in [0.1, 0.15) is 0 Å². The van der Waals surface area contributed by atoms with Crippen molar-refractivity contribution in [1.29, 1.82) is 0 Å². The zero-order valence-electron chi connectivity index (χ0n) is 8.02. The molecule has 13 heavy (non-hydrogen) atoms. The van der Waals surface area contributed by atoms with Crippen LogP contribution >= 0.6 is 11.6 Å². The van der Waals surface area contributed by atoms with Crippen LogP contribution in [0.1, 0.15) is 12.5 Å². The van der Waals surface area contributed by atoms with Crippen molar-refractivity contribution in [2.75, 3.05) is 11.9 Å².